The van der Waals surface area contributed by atoms with Gasteiger partial charge in [0.15, 0.2) is 0 Å². The van der Waals surface area contributed by atoms with Crippen molar-refractivity contribution >= 4 is 5.91 Å². The molecule has 1 N–H and O–H groups in total. The SMILES string of the molecule is Cc1nc(C)c(C(=O)NCc2ccccn2)c(C)n1. The number of carbonyl (C=O) groups is 1. The lowest BCUT2D eigenvalue weighted by Crippen LogP contribution is -2.26. The molecule has 0 spiro atoms. The normalized spacial score (nSPS) is 10.3. The Morgan fingerprint density at radius 3 is 2.42 bits per heavy atom. The lowest BCUT2D eigenvalue weighted by molar-refractivity contribution is 0.0948. The molecule has 5 nitrogen and oxygen atoms in total. The third-order valence-corrected chi connectivity index (χ3v) is 2.77. The van der Waals surface area contributed by atoms with Crippen molar-refractivity contribution in [1.82, 2.24) is 20.3 Å². The van der Waals surface area contributed by atoms with Crippen LogP contribution < -0.4 is 5.32 Å². The molecule has 2 aromatic rings. The van der Waals surface area contributed by atoms with Gasteiger partial charge in [0, 0.05) is 6.20 Å². The molecule has 98 valence electrons. The molecule has 0 radical (unpaired) electrons. The van der Waals surface area contributed by atoms with E-state index in [2.05, 4.69) is 20.3 Å². The Bertz CT molecular complexity index is 573. The van der Waals surface area contributed by atoms with Gasteiger partial charge in [-0.1, -0.05) is 6.07 Å². The summed E-state index contributed by atoms with van der Waals surface area (Å²) in [4.78, 5) is 24.8. The summed E-state index contributed by atoms with van der Waals surface area (Å²) in [5, 5.41) is 2.83. The lowest BCUT2D eigenvalue weighted by Gasteiger charge is -2.09. The van der Waals surface area contributed by atoms with Crippen molar-refractivity contribution < 1.29 is 4.79 Å². The third kappa shape index (κ3) is 3.13. The first-order valence-electron chi connectivity index (χ1n) is 6.08. The summed E-state index contributed by atoms with van der Waals surface area (Å²) >= 11 is 0. The van der Waals surface area contributed by atoms with E-state index < -0.39 is 0 Å². The van der Waals surface area contributed by atoms with Gasteiger partial charge in [-0.05, 0) is 32.9 Å². The van der Waals surface area contributed by atoms with Crippen LogP contribution in [0.15, 0.2) is 24.4 Å². The highest BCUT2D eigenvalue weighted by molar-refractivity contribution is 5.96. The number of aromatic nitrogens is 3. The fourth-order valence-electron chi connectivity index (χ4n) is 1.97. The molecule has 0 aliphatic rings. The molecule has 0 fully saturated rings. The molecule has 0 aliphatic carbocycles. The first-order chi connectivity index (χ1) is 9.08. The highest BCUT2D eigenvalue weighted by Gasteiger charge is 2.14. The minimum absolute atomic E-state index is 0.166. The zero-order valence-electron chi connectivity index (χ0n) is 11.3. The van der Waals surface area contributed by atoms with Crippen molar-refractivity contribution in [1.29, 1.82) is 0 Å². The van der Waals surface area contributed by atoms with E-state index in [-0.39, 0.29) is 5.91 Å². The van der Waals surface area contributed by atoms with Gasteiger partial charge in [-0.2, -0.15) is 0 Å². The topological polar surface area (TPSA) is 67.8 Å². The monoisotopic (exact) mass is 256 g/mol. The molecule has 2 rings (SSSR count). The van der Waals surface area contributed by atoms with Gasteiger partial charge >= 0.3 is 0 Å². The van der Waals surface area contributed by atoms with E-state index in [0.717, 1.165) is 5.69 Å². The maximum absolute atomic E-state index is 12.2. The van der Waals surface area contributed by atoms with Gasteiger partial charge in [0.25, 0.3) is 5.91 Å². The summed E-state index contributed by atoms with van der Waals surface area (Å²) < 4.78 is 0. The van der Waals surface area contributed by atoms with Crippen LogP contribution >= 0.6 is 0 Å². The number of hydrogen-bond donors (Lipinski definition) is 1. The van der Waals surface area contributed by atoms with E-state index in [1.807, 2.05) is 39.0 Å². The van der Waals surface area contributed by atoms with Gasteiger partial charge in [-0.3, -0.25) is 9.78 Å². The standard InChI is InChI=1S/C14H16N4O/c1-9-13(10(2)18-11(3)17-9)14(19)16-8-12-6-4-5-7-15-12/h4-7H,8H2,1-3H3,(H,16,19). The second kappa shape index (κ2) is 5.56. The third-order valence-electron chi connectivity index (χ3n) is 2.77. The van der Waals surface area contributed by atoms with Crippen molar-refractivity contribution in [2.24, 2.45) is 0 Å². The van der Waals surface area contributed by atoms with Crippen LogP contribution in [-0.2, 0) is 6.54 Å². The molecule has 0 aromatic carbocycles. The maximum Gasteiger partial charge on any atom is 0.255 e. The molecular weight excluding hydrogens is 240 g/mol. The van der Waals surface area contributed by atoms with Crippen LogP contribution in [0.4, 0.5) is 0 Å². The molecule has 19 heavy (non-hydrogen) atoms. The Morgan fingerprint density at radius 1 is 1.16 bits per heavy atom. The number of nitrogens with zero attached hydrogens (tertiary/aromatic N) is 3. The summed E-state index contributed by atoms with van der Waals surface area (Å²) in [5.74, 6) is 0.511. The zero-order valence-corrected chi connectivity index (χ0v) is 11.3. The average Bonchev–Trinajstić information content (AvgIpc) is 2.36. The number of carbonyl (C=O) groups excluding carboxylic acids is 1. The Kier molecular flexibility index (Phi) is 3.85. The molecule has 2 heterocycles. The number of rotatable bonds is 3. The number of amides is 1. The maximum atomic E-state index is 12.2. The Balaban J connectivity index is 2.13. The fraction of sp³-hybridized carbons (Fsp3) is 0.286. The van der Waals surface area contributed by atoms with Crippen LogP contribution in [0.25, 0.3) is 0 Å². The van der Waals surface area contributed by atoms with Gasteiger partial charge in [0.05, 0.1) is 29.2 Å². The van der Waals surface area contributed by atoms with Gasteiger partial charge in [0.1, 0.15) is 5.82 Å². The predicted molar refractivity (Wildman–Crippen MR) is 71.7 cm³/mol. The number of hydrogen-bond acceptors (Lipinski definition) is 4. The second-order valence-corrected chi connectivity index (χ2v) is 4.32. The fourth-order valence-corrected chi connectivity index (χ4v) is 1.97. The van der Waals surface area contributed by atoms with Crippen LogP contribution in [0.5, 0.6) is 0 Å². The summed E-state index contributed by atoms with van der Waals surface area (Å²) in [6.07, 6.45) is 1.70. The molecule has 1 amide bonds. The minimum atomic E-state index is -0.166. The van der Waals surface area contributed by atoms with E-state index in [1.54, 1.807) is 6.20 Å². The quantitative estimate of drug-likeness (QED) is 0.908. The minimum Gasteiger partial charge on any atom is -0.346 e. The molecule has 0 aliphatic heterocycles. The van der Waals surface area contributed by atoms with Gasteiger partial charge in [0.2, 0.25) is 0 Å². The van der Waals surface area contributed by atoms with Crippen molar-refractivity contribution in [3.05, 3.63) is 52.9 Å². The van der Waals surface area contributed by atoms with Crippen LogP contribution in [0, 0.1) is 20.8 Å². The molecule has 0 bridgehead atoms. The van der Waals surface area contributed by atoms with Crippen molar-refractivity contribution in [3.63, 3.8) is 0 Å². The van der Waals surface area contributed by atoms with Gasteiger partial charge in [-0.25, -0.2) is 9.97 Å². The second-order valence-electron chi connectivity index (χ2n) is 4.32. The molecular formula is C14H16N4O. The summed E-state index contributed by atoms with van der Waals surface area (Å²) in [5.41, 5.74) is 2.76. The summed E-state index contributed by atoms with van der Waals surface area (Å²) in [7, 11) is 0. The molecule has 0 unspecified atom stereocenters. The van der Waals surface area contributed by atoms with E-state index in [1.165, 1.54) is 0 Å². The van der Waals surface area contributed by atoms with Crippen molar-refractivity contribution in [3.8, 4) is 0 Å². The Morgan fingerprint density at radius 2 is 1.84 bits per heavy atom. The summed E-state index contributed by atoms with van der Waals surface area (Å²) in [6.45, 7) is 5.84. The number of aryl methyl sites for hydroxylation is 3. The van der Waals surface area contributed by atoms with Crippen LogP contribution in [0.2, 0.25) is 0 Å². The molecule has 5 heteroatoms. The zero-order chi connectivity index (χ0) is 13.8. The Hall–Kier alpha value is -2.30. The highest BCUT2D eigenvalue weighted by atomic mass is 16.1. The average molecular weight is 256 g/mol. The van der Waals surface area contributed by atoms with Gasteiger partial charge < -0.3 is 5.32 Å². The van der Waals surface area contributed by atoms with Crippen LogP contribution in [0.3, 0.4) is 0 Å². The summed E-state index contributed by atoms with van der Waals surface area (Å²) in [6, 6.07) is 5.60. The predicted octanol–water partition coefficient (Wildman–Crippen LogP) is 1.73. The first kappa shape index (κ1) is 13.1. The molecule has 0 saturated carbocycles. The molecule has 0 atom stereocenters. The Labute approximate surface area is 112 Å². The largest absolute Gasteiger partial charge is 0.346 e. The van der Waals surface area contributed by atoms with E-state index >= 15 is 0 Å². The van der Waals surface area contributed by atoms with E-state index in [0.29, 0.717) is 29.3 Å². The van der Waals surface area contributed by atoms with Gasteiger partial charge in [-0.15, -0.1) is 0 Å². The number of pyridine rings is 1. The van der Waals surface area contributed by atoms with Crippen molar-refractivity contribution in [2.45, 2.75) is 27.3 Å². The lowest BCUT2D eigenvalue weighted by atomic mass is 10.1. The smallest absolute Gasteiger partial charge is 0.255 e. The van der Waals surface area contributed by atoms with Crippen LogP contribution in [-0.4, -0.2) is 20.9 Å². The molecule has 2 aromatic heterocycles. The van der Waals surface area contributed by atoms with Crippen molar-refractivity contribution in [2.75, 3.05) is 0 Å². The molecule has 0 saturated heterocycles. The highest BCUT2D eigenvalue weighted by Crippen LogP contribution is 2.10. The number of nitrogens with one attached hydrogen (secondary N) is 1. The van der Waals surface area contributed by atoms with E-state index in [9.17, 15) is 4.79 Å². The van der Waals surface area contributed by atoms with Crippen LogP contribution in [0.1, 0.15) is 33.3 Å². The first-order valence-corrected chi connectivity index (χ1v) is 6.08. The van der Waals surface area contributed by atoms with E-state index in [4.69, 9.17) is 0 Å².